The zero-order chi connectivity index (χ0) is 13.8. The second kappa shape index (κ2) is 6.35. The zero-order valence-electron chi connectivity index (χ0n) is 11.3. The van der Waals surface area contributed by atoms with Crippen LogP contribution >= 0.6 is 15.9 Å². The number of hydrogen-bond donors (Lipinski definition) is 1. The lowest BCUT2D eigenvalue weighted by atomic mass is 9.95. The molecular weight excluding hydrogens is 304 g/mol. The van der Waals surface area contributed by atoms with Crippen LogP contribution in [0.1, 0.15) is 17.0 Å². The molecule has 2 aromatic rings. The van der Waals surface area contributed by atoms with Crippen LogP contribution in [0.15, 0.2) is 34.8 Å². The van der Waals surface area contributed by atoms with Crippen LogP contribution in [0.2, 0.25) is 0 Å². The molecule has 0 radical (unpaired) electrons. The van der Waals surface area contributed by atoms with Crippen molar-refractivity contribution in [3.8, 4) is 0 Å². The molecule has 2 rings (SSSR count). The zero-order valence-corrected chi connectivity index (χ0v) is 12.9. The van der Waals surface area contributed by atoms with Crippen molar-refractivity contribution >= 4 is 15.9 Å². The van der Waals surface area contributed by atoms with Gasteiger partial charge in [-0.2, -0.15) is 5.10 Å². The first-order valence-electron chi connectivity index (χ1n) is 6.44. The van der Waals surface area contributed by atoms with Gasteiger partial charge in [-0.1, -0.05) is 30.3 Å². The van der Waals surface area contributed by atoms with Crippen molar-refractivity contribution in [1.29, 1.82) is 0 Å². The quantitative estimate of drug-likeness (QED) is 0.919. The van der Waals surface area contributed by atoms with Crippen LogP contribution in [0.5, 0.6) is 0 Å². The van der Waals surface area contributed by atoms with Crippen molar-refractivity contribution in [1.82, 2.24) is 9.78 Å². The van der Waals surface area contributed by atoms with Gasteiger partial charge < -0.3 is 5.11 Å². The average Bonchev–Trinajstić information content (AvgIpc) is 2.65. The lowest BCUT2D eigenvalue weighted by Gasteiger charge is -2.14. The average molecular weight is 323 g/mol. The van der Waals surface area contributed by atoms with Gasteiger partial charge in [-0.3, -0.25) is 4.68 Å². The van der Waals surface area contributed by atoms with E-state index >= 15 is 0 Å². The summed E-state index contributed by atoms with van der Waals surface area (Å²) in [6, 6.07) is 10.3. The van der Waals surface area contributed by atoms with Gasteiger partial charge in [0, 0.05) is 13.7 Å². The molecule has 0 spiro atoms. The van der Waals surface area contributed by atoms with Crippen molar-refractivity contribution in [2.75, 3.05) is 6.61 Å². The Labute approximate surface area is 122 Å². The van der Waals surface area contributed by atoms with E-state index in [1.807, 2.05) is 36.9 Å². The monoisotopic (exact) mass is 322 g/mol. The minimum Gasteiger partial charge on any atom is -0.396 e. The molecule has 0 aliphatic carbocycles. The maximum Gasteiger partial charge on any atom is 0.0738 e. The molecule has 0 bridgehead atoms. The number of aliphatic hydroxyl groups excluding tert-OH is 1. The third-order valence-corrected chi connectivity index (χ3v) is 4.40. The van der Waals surface area contributed by atoms with Gasteiger partial charge in [0.05, 0.1) is 15.9 Å². The van der Waals surface area contributed by atoms with Crippen molar-refractivity contribution in [2.45, 2.75) is 19.8 Å². The molecule has 19 heavy (non-hydrogen) atoms. The number of aryl methyl sites for hydroxylation is 2. The third-order valence-electron chi connectivity index (χ3n) is 3.37. The fraction of sp³-hybridized carbons (Fsp3) is 0.400. The van der Waals surface area contributed by atoms with E-state index in [1.165, 1.54) is 5.56 Å². The Hall–Kier alpha value is -1.13. The SMILES string of the molecule is Cc1nn(C)c(CC(CO)Cc2ccccc2)c1Br. The van der Waals surface area contributed by atoms with Crippen LogP contribution in [0.25, 0.3) is 0 Å². The Morgan fingerprint density at radius 2 is 1.95 bits per heavy atom. The minimum atomic E-state index is 0.186. The molecule has 102 valence electrons. The van der Waals surface area contributed by atoms with Crippen molar-refractivity contribution < 1.29 is 5.11 Å². The fourth-order valence-corrected chi connectivity index (χ4v) is 2.82. The normalized spacial score (nSPS) is 12.6. The molecule has 0 fully saturated rings. The summed E-state index contributed by atoms with van der Waals surface area (Å²) < 4.78 is 2.95. The molecule has 0 aliphatic rings. The van der Waals surface area contributed by atoms with Crippen molar-refractivity contribution in [2.24, 2.45) is 13.0 Å². The largest absolute Gasteiger partial charge is 0.396 e. The highest BCUT2D eigenvalue weighted by molar-refractivity contribution is 9.10. The predicted octanol–water partition coefficient (Wildman–Crippen LogP) is 2.88. The van der Waals surface area contributed by atoms with Gasteiger partial charge in [-0.05, 0) is 47.2 Å². The van der Waals surface area contributed by atoms with Crippen LogP contribution < -0.4 is 0 Å². The van der Waals surface area contributed by atoms with Gasteiger partial charge >= 0.3 is 0 Å². The van der Waals surface area contributed by atoms with Gasteiger partial charge in [-0.25, -0.2) is 0 Å². The molecule has 1 aromatic heterocycles. The van der Waals surface area contributed by atoms with E-state index in [1.54, 1.807) is 0 Å². The molecule has 0 amide bonds. The van der Waals surface area contributed by atoms with Gasteiger partial charge in [-0.15, -0.1) is 0 Å². The number of benzene rings is 1. The van der Waals surface area contributed by atoms with Gasteiger partial charge in [0.15, 0.2) is 0 Å². The van der Waals surface area contributed by atoms with Crippen LogP contribution in [0.4, 0.5) is 0 Å². The summed E-state index contributed by atoms with van der Waals surface area (Å²) in [6.45, 7) is 2.17. The number of halogens is 1. The van der Waals surface area contributed by atoms with Crippen LogP contribution in [0.3, 0.4) is 0 Å². The molecule has 3 nitrogen and oxygen atoms in total. The Kier molecular flexibility index (Phi) is 4.77. The van der Waals surface area contributed by atoms with E-state index in [0.717, 1.165) is 28.7 Å². The fourth-order valence-electron chi connectivity index (χ4n) is 2.32. The summed E-state index contributed by atoms with van der Waals surface area (Å²) in [6.07, 6.45) is 1.71. The van der Waals surface area contributed by atoms with E-state index in [4.69, 9.17) is 0 Å². The van der Waals surface area contributed by atoms with Crippen molar-refractivity contribution in [3.05, 3.63) is 51.8 Å². The highest BCUT2D eigenvalue weighted by Gasteiger charge is 2.16. The summed E-state index contributed by atoms with van der Waals surface area (Å²) >= 11 is 3.58. The van der Waals surface area contributed by atoms with E-state index in [-0.39, 0.29) is 12.5 Å². The number of hydrogen-bond acceptors (Lipinski definition) is 2. The lowest BCUT2D eigenvalue weighted by Crippen LogP contribution is -2.15. The molecule has 0 saturated heterocycles. The van der Waals surface area contributed by atoms with Gasteiger partial charge in [0.2, 0.25) is 0 Å². The summed E-state index contributed by atoms with van der Waals surface area (Å²) in [4.78, 5) is 0. The van der Waals surface area contributed by atoms with Crippen LogP contribution in [0, 0.1) is 12.8 Å². The van der Waals surface area contributed by atoms with Gasteiger partial charge in [0.1, 0.15) is 0 Å². The molecule has 1 atom stereocenters. The molecular formula is C15H19BrN2O. The molecule has 0 saturated carbocycles. The van der Waals surface area contributed by atoms with E-state index in [0.29, 0.717) is 0 Å². The maximum atomic E-state index is 9.59. The summed E-state index contributed by atoms with van der Waals surface area (Å²) in [5.74, 6) is 0.216. The van der Waals surface area contributed by atoms with E-state index < -0.39 is 0 Å². The first-order chi connectivity index (χ1) is 9.11. The molecule has 1 heterocycles. The molecule has 0 aliphatic heterocycles. The first kappa shape index (κ1) is 14.3. The standard InChI is InChI=1S/C15H19BrN2O/c1-11-15(16)14(18(2)17-11)9-13(10-19)8-12-6-4-3-5-7-12/h3-7,13,19H,8-10H2,1-2H3. The number of rotatable bonds is 5. The second-order valence-electron chi connectivity index (χ2n) is 4.91. The van der Waals surface area contributed by atoms with Crippen LogP contribution in [-0.2, 0) is 19.9 Å². The smallest absolute Gasteiger partial charge is 0.0738 e. The number of aromatic nitrogens is 2. The Balaban J connectivity index is 2.11. The second-order valence-corrected chi connectivity index (χ2v) is 5.71. The van der Waals surface area contributed by atoms with Crippen LogP contribution in [-0.4, -0.2) is 21.5 Å². The van der Waals surface area contributed by atoms with Gasteiger partial charge in [0.25, 0.3) is 0 Å². The highest BCUT2D eigenvalue weighted by atomic mass is 79.9. The van der Waals surface area contributed by atoms with Crippen molar-refractivity contribution in [3.63, 3.8) is 0 Å². The summed E-state index contributed by atoms with van der Waals surface area (Å²) in [5.41, 5.74) is 3.40. The van der Waals surface area contributed by atoms with E-state index in [2.05, 4.69) is 33.2 Å². The topological polar surface area (TPSA) is 38.0 Å². The summed E-state index contributed by atoms with van der Waals surface area (Å²) in [5, 5.41) is 14.0. The lowest BCUT2D eigenvalue weighted by molar-refractivity contribution is 0.223. The Bertz CT molecular complexity index is 537. The predicted molar refractivity (Wildman–Crippen MR) is 80.1 cm³/mol. The first-order valence-corrected chi connectivity index (χ1v) is 7.24. The maximum absolute atomic E-state index is 9.59. The summed E-state index contributed by atoms with van der Waals surface area (Å²) in [7, 11) is 1.95. The molecule has 1 unspecified atom stereocenters. The Morgan fingerprint density at radius 1 is 1.26 bits per heavy atom. The Morgan fingerprint density at radius 3 is 2.47 bits per heavy atom. The molecule has 1 N–H and O–H groups in total. The molecule has 4 heteroatoms. The number of nitrogens with zero attached hydrogens (tertiary/aromatic N) is 2. The molecule has 1 aromatic carbocycles. The third kappa shape index (κ3) is 3.45. The number of aliphatic hydroxyl groups is 1. The minimum absolute atomic E-state index is 0.186. The van der Waals surface area contributed by atoms with E-state index in [9.17, 15) is 5.11 Å². The highest BCUT2D eigenvalue weighted by Crippen LogP contribution is 2.24.